The second-order valence-corrected chi connectivity index (χ2v) is 9.20. The number of H-pyrrole nitrogens is 1. The zero-order chi connectivity index (χ0) is 22.4. The average Bonchev–Trinajstić information content (AvgIpc) is 3.50. The molecule has 170 valence electrons. The van der Waals surface area contributed by atoms with Crippen molar-refractivity contribution in [3.63, 3.8) is 0 Å². The van der Waals surface area contributed by atoms with Crippen LogP contribution < -0.4 is 5.32 Å². The van der Waals surface area contributed by atoms with Crippen LogP contribution in [0, 0.1) is 0 Å². The summed E-state index contributed by atoms with van der Waals surface area (Å²) in [5.41, 5.74) is 3.18. The van der Waals surface area contributed by atoms with Gasteiger partial charge in [-0.15, -0.1) is 0 Å². The molecule has 5 heterocycles. The number of aromatic amines is 1. The highest BCUT2D eigenvalue weighted by molar-refractivity contribution is 6.03. The lowest BCUT2D eigenvalue weighted by atomic mass is 10.1. The molecule has 0 aromatic carbocycles. The van der Waals surface area contributed by atoms with E-state index >= 15 is 0 Å². The van der Waals surface area contributed by atoms with Crippen LogP contribution in [0.25, 0.3) is 0 Å². The van der Waals surface area contributed by atoms with Crippen LogP contribution in [0.1, 0.15) is 67.0 Å². The molecule has 9 heteroatoms. The summed E-state index contributed by atoms with van der Waals surface area (Å²) in [6.07, 6.45) is 4.87. The number of urea groups is 1. The van der Waals surface area contributed by atoms with Gasteiger partial charge in [-0.1, -0.05) is 6.92 Å². The van der Waals surface area contributed by atoms with Crippen LogP contribution in [0.15, 0.2) is 18.3 Å². The lowest BCUT2D eigenvalue weighted by Gasteiger charge is -2.44. The summed E-state index contributed by atoms with van der Waals surface area (Å²) in [7, 11) is 0. The molecule has 3 aliphatic rings. The molecule has 0 radical (unpaired) electrons. The minimum Gasteiger partial charge on any atom is -0.319 e. The second-order valence-electron chi connectivity index (χ2n) is 9.20. The van der Waals surface area contributed by atoms with Crippen LogP contribution in [0.3, 0.4) is 0 Å². The average molecular weight is 438 g/mol. The van der Waals surface area contributed by atoms with Crippen LogP contribution in [0.5, 0.6) is 0 Å². The number of fused-ring (bicyclic) bond motifs is 2. The van der Waals surface area contributed by atoms with Gasteiger partial charge in [0.15, 0.2) is 5.82 Å². The number of amides is 3. The van der Waals surface area contributed by atoms with Crippen molar-refractivity contribution in [1.29, 1.82) is 0 Å². The number of hydrogen-bond acceptors (Lipinski definition) is 5. The van der Waals surface area contributed by atoms with Crippen LogP contribution in [-0.2, 0) is 13.0 Å². The van der Waals surface area contributed by atoms with Crippen molar-refractivity contribution in [2.75, 3.05) is 25.0 Å². The SMILES string of the molecule is CCc1ccnc(C(=O)Nc2n[nH]c3c2CN(C(=O)N2C[C@@H]4CCCN4CC2C)[C@H]3C)c1. The van der Waals surface area contributed by atoms with E-state index in [0.717, 1.165) is 42.9 Å². The molecule has 3 atom stereocenters. The molecule has 2 aromatic heterocycles. The van der Waals surface area contributed by atoms with Gasteiger partial charge in [0.25, 0.3) is 5.91 Å². The van der Waals surface area contributed by atoms with Crippen LogP contribution >= 0.6 is 0 Å². The molecule has 0 saturated carbocycles. The van der Waals surface area contributed by atoms with Crippen molar-refractivity contribution < 1.29 is 9.59 Å². The third-order valence-electron chi connectivity index (χ3n) is 7.24. The zero-order valence-corrected chi connectivity index (χ0v) is 19.0. The highest BCUT2D eigenvalue weighted by Gasteiger charge is 2.42. The van der Waals surface area contributed by atoms with Crippen molar-refractivity contribution in [2.24, 2.45) is 0 Å². The van der Waals surface area contributed by atoms with E-state index in [4.69, 9.17) is 0 Å². The molecule has 0 bridgehead atoms. The predicted octanol–water partition coefficient (Wildman–Crippen LogP) is 2.78. The summed E-state index contributed by atoms with van der Waals surface area (Å²) in [5, 5.41) is 10.3. The first-order valence-electron chi connectivity index (χ1n) is 11.6. The number of anilines is 1. The molecule has 2 fully saturated rings. The summed E-state index contributed by atoms with van der Waals surface area (Å²) in [5.74, 6) is 0.183. The Hall–Kier alpha value is -2.94. The van der Waals surface area contributed by atoms with Gasteiger partial charge in [-0.25, -0.2) is 4.79 Å². The first-order chi connectivity index (χ1) is 15.5. The maximum atomic E-state index is 13.5. The number of carbonyl (C=O) groups excluding carboxylic acids is 2. The van der Waals surface area contributed by atoms with E-state index in [0.29, 0.717) is 24.1 Å². The number of hydrogen-bond donors (Lipinski definition) is 2. The number of carbonyl (C=O) groups is 2. The Morgan fingerprint density at radius 1 is 1.25 bits per heavy atom. The minimum atomic E-state index is -0.294. The fourth-order valence-electron chi connectivity index (χ4n) is 5.29. The molecule has 2 aromatic rings. The van der Waals surface area contributed by atoms with Crippen LogP contribution in [0.2, 0.25) is 0 Å². The van der Waals surface area contributed by atoms with Crippen molar-refractivity contribution >= 4 is 17.8 Å². The Balaban J connectivity index is 1.30. The Labute approximate surface area is 188 Å². The Morgan fingerprint density at radius 2 is 2.09 bits per heavy atom. The number of nitrogens with one attached hydrogen (secondary N) is 2. The third-order valence-corrected chi connectivity index (χ3v) is 7.24. The van der Waals surface area contributed by atoms with E-state index in [2.05, 4.69) is 32.3 Å². The fourth-order valence-corrected chi connectivity index (χ4v) is 5.29. The van der Waals surface area contributed by atoms with E-state index in [-0.39, 0.29) is 24.0 Å². The predicted molar refractivity (Wildman–Crippen MR) is 120 cm³/mol. The van der Waals surface area contributed by atoms with Gasteiger partial charge in [0.2, 0.25) is 0 Å². The standard InChI is InChI=1S/C23H31N7O2/c1-4-16-7-8-24-19(10-16)22(31)25-21-18-13-30(15(3)20(18)26-27-21)23(32)29-12-17-6-5-9-28(17)11-14(29)2/h7-8,10,14-15,17H,4-6,9,11-13H2,1-3H3,(H2,25,26,27,31)/t14?,15-,17-/m0/s1. The van der Waals surface area contributed by atoms with E-state index in [1.54, 1.807) is 12.3 Å². The molecule has 1 unspecified atom stereocenters. The Kier molecular flexibility index (Phi) is 5.36. The molecular weight excluding hydrogens is 406 g/mol. The maximum Gasteiger partial charge on any atom is 0.321 e. The van der Waals surface area contributed by atoms with Gasteiger partial charge >= 0.3 is 6.03 Å². The number of aromatic nitrogens is 3. The van der Waals surface area contributed by atoms with Crippen molar-refractivity contribution in [1.82, 2.24) is 29.9 Å². The van der Waals surface area contributed by atoms with Gasteiger partial charge in [0, 0.05) is 36.9 Å². The normalized spacial score (nSPS) is 25.0. The molecule has 2 saturated heterocycles. The van der Waals surface area contributed by atoms with Crippen molar-refractivity contribution in [3.8, 4) is 0 Å². The second kappa shape index (κ2) is 8.20. The van der Waals surface area contributed by atoms with Crippen molar-refractivity contribution in [2.45, 2.75) is 64.7 Å². The molecule has 0 aliphatic carbocycles. The van der Waals surface area contributed by atoms with E-state index in [9.17, 15) is 9.59 Å². The quantitative estimate of drug-likeness (QED) is 0.770. The van der Waals surface area contributed by atoms with Crippen LogP contribution in [-0.4, -0.2) is 73.5 Å². The fraction of sp³-hybridized carbons (Fsp3) is 0.565. The van der Waals surface area contributed by atoms with Crippen molar-refractivity contribution in [3.05, 3.63) is 40.8 Å². The van der Waals surface area contributed by atoms with E-state index in [1.807, 2.05) is 29.7 Å². The lowest BCUT2D eigenvalue weighted by molar-refractivity contribution is 0.0580. The third kappa shape index (κ3) is 3.54. The lowest BCUT2D eigenvalue weighted by Crippen LogP contribution is -2.59. The summed E-state index contributed by atoms with van der Waals surface area (Å²) >= 11 is 0. The smallest absolute Gasteiger partial charge is 0.319 e. The topological polar surface area (TPSA) is 97.5 Å². The summed E-state index contributed by atoms with van der Waals surface area (Å²) in [6, 6.07) is 4.32. The zero-order valence-electron chi connectivity index (χ0n) is 19.0. The van der Waals surface area contributed by atoms with Crippen LogP contribution in [0.4, 0.5) is 10.6 Å². The monoisotopic (exact) mass is 437 g/mol. The van der Waals surface area contributed by atoms with Gasteiger partial charge in [-0.2, -0.15) is 5.10 Å². The summed E-state index contributed by atoms with van der Waals surface area (Å²) in [4.78, 5) is 36.9. The van der Waals surface area contributed by atoms with E-state index in [1.165, 1.54) is 12.8 Å². The number of aryl methyl sites for hydroxylation is 1. The number of rotatable bonds is 3. The van der Waals surface area contributed by atoms with Gasteiger partial charge in [-0.05, 0) is 57.4 Å². The number of pyridine rings is 1. The first-order valence-corrected chi connectivity index (χ1v) is 11.6. The van der Waals surface area contributed by atoms with E-state index < -0.39 is 0 Å². The highest BCUT2D eigenvalue weighted by Crippen LogP contribution is 2.37. The molecule has 3 amide bonds. The molecule has 3 aliphatic heterocycles. The number of nitrogens with zero attached hydrogens (tertiary/aromatic N) is 5. The Bertz CT molecular complexity index is 1040. The Morgan fingerprint density at radius 3 is 2.91 bits per heavy atom. The molecule has 5 rings (SSSR count). The molecule has 32 heavy (non-hydrogen) atoms. The number of piperazine rings is 1. The molecule has 2 N–H and O–H groups in total. The largest absolute Gasteiger partial charge is 0.321 e. The van der Waals surface area contributed by atoms with Gasteiger partial charge in [-0.3, -0.25) is 19.8 Å². The highest BCUT2D eigenvalue weighted by atomic mass is 16.2. The molecular formula is C23H31N7O2. The van der Waals surface area contributed by atoms with Gasteiger partial charge < -0.3 is 15.1 Å². The molecule has 0 spiro atoms. The molecule has 9 nitrogen and oxygen atoms in total. The minimum absolute atomic E-state index is 0.0655. The summed E-state index contributed by atoms with van der Waals surface area (Å²) < 4.78 is 0. The maximum absolute atomic E-state index is 13.5. The van der Waals surface area contributed by atoms with Gasteiger partial charge in [0.05, 0.1) is 18.3 Å². The summed E-state index contributed by atoms with van der Waals surface area (Å²) in [6.45, 7) is 9.49. The van der Waals surface area contributed by atoms with Gasteiger partial charge in [0.1, 0.15) is 5.69 Å². The first kappa shape index (κ1) is 20.9.